The van der Waals surface area contributed by atoms with E-state index in [0.717, 1.165) is 24.3 Å². The first-order valence-electron chi connectivity index (χ1n) is 8.51. The average molecular weight is 421 g/mol. The second-order valence-electron chi connectivity index (χ2n) is 6.60. The summed E-state index contributed by atoms with van der Waals surface area (Å²) >= 11 is 1.75. The van der Waals surface area contributed by atoms with Gasteiger partial charge in [0.1, 0.15) is 0 Å². The van der Waals surface area contributed by atoms with Crippen molar-refractivity contribution in [3.05, 3.63) is 24.3 Å². The Balaban J connectivity index is 1.73. The van der Waals surface area contributed by atoms with Crippen LogP contribution in [0, 0.1) is 0 Å². The first-order chi connectivity index (χ1) is 12.3. The van der Waals surface area contributed by atoms with Crippen molar-refractivity contribution in [3.63, 3.8) is 0 Å². The number of sulfonamides is 2. The monoisotopic (exact) mass is 420 g/mol. The van der Waals surface area contributed by atoms with Crippen LogP contribution in [0.15, 0.2) is 29.2 Å². The number of ether oxygens (including phenoxy) is 1. The summed E-state index contributed by atoms with van der Waals surface area (Å²) in [5.41, 5.74) is 0.0451. The highest BCUT2D eigenvalue weighted by atomic mass is 32.2. The summed E-state index contributed by atoms with van der Waals surface area (Å²) in [6.45, 7) is 0.655. The van der Waals surface area contributed by atoms with Crippen molar-refractivity contribution in [1.82, 2.24) is 4.72 Å². The van der Waals surface area contributed by atoms with Gasteiger partial charge in [0.25, 0.3) is 0 Å². The molecule has 0 saturated carbocycles. The summed E-state index contributed by atoms with van der Waals surface area (Å²) in [6, 6.07) is 6.00. The maximum Gasteiger partial charge on any atom is 0.240 e. The molecule has 0 bridgehead atoms. The van der Waals surface area contributed by atoms with Gasteiger partial charge in [-0.25, -0.2) is 21.6 Å². The summed E-state index contributed by atoms with van der Waals surface area (Å²) in [4.78, 5) is 0.118. The summed E-state index contributed by atoms with van der Waals surface area (Å²) in [5.74, 6) is 1.85. The highest BCUT2D eigenvalue weighted by Gasteiger charge is 2.35. The lowest BCUT2D eigenvalue weighted by molar-refractivity contribution is 0.0179. The van der Waals surface area contributed by atoms with Crippen LogP contribution in [0.4, 0.5) is 5.69 Å². The van der Waals surface area contributed by atoms with Crippen LogP contribution in [0.1, 0.15) is 19.3 Å². The predicted molar refractivity (Wildman–Crippen MR) is 104 cm³/mol. The van der Waals surface area contributed by atoms with Crippen molar-refractivity contribution in [1.29, 1.82) is 0 Å². The Morgan fingerprint density at radius 2 is 2.00 bits per heavy atom. The van der Waals surface area contributed by atoms with E-state index in [1.54, 1.807) is 31.0 Å². The molecule has 0 amide bonds. The van der Waals surface area contributed by atoms with Crippen LogP contribution >= 0.6 is 11.8 Å². The Morgan fingerprint density at radius 1 is 1.27 bits per heavy atom. The zero-order valence-electron chi connectivity index (χ0n) is 14.7. The Morgan fingerprint density at radius 3 is 2.58 bits per heavy atom. The maximum absolute atomic E-state index is 12.6. The van der Waals surface area contributed by atoms with E-state index in [-0.39, 0.29) is 17.2 Å². The molecule has 10 heteroatoms. The van der Waals surface area contributed by atoms with Gasteiger partial charge in [-0.3, -0.25) is 4.31 Å². The van der Waals surface area contributed by atoms with Crippen molar-refractivity contribution in [3.8, 4) is 0 Å². The lowest BCUT2D eigenvalue weighted by Gasteiger charge is -2.28. The van der Waals surface area contributed by atoms with E-state index in [4.69, 9.17) is 4.74 Å². The van der Waals surface area contributed by atoms with E-state index in [1.165, 1.54) is 16.4 Å². The third-order valence-corrected chi connectivity index (χ3v) is 9.38. The molecule has 2 saturated heterocycles. The summed E-state index contributed by atoms with van der Waals surface area (Å²) < 4.78 is 58.9. The number of anilines is 1. The Bertz CT molecular complexity index is 831. The van der Waals surface area contributed by atoms with E-state index in [9.17, 15) is 16.8 Å². The molecule has 2 heterocycles. The largest absolute Gasteiger partial charge is 0.376 e. The fourth-order valence-corrected chi connectivity index (χ4v) is 7.29. The third kappa shape index (κ3) is 4.19. The maximum atomic E-state index is 12.6. The van der Waals surface area contributed by atoms with Crippen LogP contribution in [0.5, 0.6) is 0 Å². The molecular formula is C16H24N2O5S3. The molecule has 1 aromatic carbocycles. The van der Waals surface area contributed by atoms with Gasteiger partial charge >= 0.3 is 0 Å². The molecule has 0 aliphatic carbocycles. The van der Waals surface area contributed by atoms with Crippen LogP contribution in [0.2, 0.25) is 0 Å². The van der Waals surface area contributed by atoms with E-state index < -0.39 is 25.6 Å². The van der Waals surface area contributed by atoms with Gasteiger partial charge in [0.15, 0.2) is 0 Å². The van der Waals surface area contributed by atoms with Gasteiger partial charge in [0.05, 0.1) is 21.9 Å². The molecule has 7 nitrogen and oxygen atoms in total. The van der Waals surface area contributed by atoms with Gasteiger partial charge in [-0.05, 0) is 49.3 Å². The lowest BCUT2D eigenvalue weighted by atomic mass is 10.0. The van der Waals surface area contributed by atoms with Crippen LogP contribution in [0.3, 0.4) is 0 Å². The Hall–Kier alpha value is -0.810. The third-order valence-electron chi connectivity index (χ3n) is 4.87. The number of rotatable bonds is 6. The van der Waals surface area contributed by atoms with Crippen molar-refractivity contribution in [2.75, 3.05) is 41.8 Å². The lowest BCUT2D eigenvalue weighted by Crippen LogP contribution is -2.44. The smallest absolute Gasteiger partial charge is 0.240 e. The van der Waals surface area contributed by atoms with Crippen molar-refractivity contribution in [2.45, 2.75) is 29.8 Å². The molecule has 2 aliphatic rings. The number of thioether (sulfide) groups is 1. The zero-order valence-corrected chi connectivity index (χ0v) is 17.1. The van der Waals surface area contributed by atoms with Crippen molar-refractivity contribution >= 4 is 37.5 Å². The van der Waals surface area contributed by atoms with Gasteiger partial charge < -0.3 is 4.74 Å². The molecule has 0 radical (unpaired) electrons. The molecule has 0 spiro atoms. The molecule has 1 atom stereocenters. The standard InChI is InChI=1S/C16H24N2O5S3/c1-23-16(8-10-24-13-16)12-17-26(21,22)15-6-4-14(5-7-15)18-9-2-3-11-25(18,19)20/h4-7,17H,2-3,8-13H2,1H3/t16-/m1/s1. The SMILES string of the molecule is CO[C@@]1(CNS(=O)(=O)c2ccc(N3CCCCS3(=O)=O)cc2)CCSC1. The first-order valence-corrected chi connectivity index (χ1v) is 12.8. The highest BCUT2D eigenvalue weighted by molar-refractivity contribution is 7.99. The van der Waals surface area contributed by atoms with E-state index in [2.05, 4.69) is 4.72 Å². The number of benzene rings is 1. The fourth-order valence-electron chi connectivity index (χ4n) is 3.14. The first kappa shape index (κ1) is 19.9. The zero-order chi connectivity index (χ0) is 18.8. The van der Waals surface area contributed by atoms with Crippen molar-refractivity contribution < 1.29 is 21.6 Å². The predicted octanol–water partition coefficient (Wildman–Crippen LogP) is 1.42. The number of nitrogens with zero attached hydrogens (tertiary/aromatic N) is 1. The Labute approximate surface area is 159 Å². The molecule has 2 fully saturated rings. The van der Waals surface area contributed by atoms with Crippen LogP contribution in [0.25, 0.3) is 0 Å². The average Bonchev–Trinajstić information content (AvgIpc) is 3.10. The molecule has 26 heavy (non-hydrogen) atoms. The number of hydrogen-bond acceptors (Lipinski definition) is 6. The number of methoxy groups -OCH3 is 1. The summed E-state index contributed by atoms with van der Waals surface area (Å²) in [5, 5.41) is 0. The molecule has 1 N–H and O–H groups in total. The molecule has 0 unspecified atom stereocenters. The van der Waals surface area contributed by atoms with Crippen LogP contribution in [-0.4, -0.2) is 59.9 Å². The highest BCUT2D eigenvalue weighted by Crippen LogP contribution is 2.31. The van der Waals surface area contributed by atoms with Crippen molar-refractivity contribution in [2.24, 2.45) is 0 Å². The van der Waals surface area contributed by atoms with Crippen LogP contribution in [-0.2, 0) is 24.8 Å². The van der Waals surface area contributed by atoms with Crippen LogP contribution < -0.4 is 9.03 Å². The topological polar surface area (TPSA) is 92.8 Å². The van der Waals surface area contributed by atoms with Gasteiger partial charge in [-0.2, -0.15) is 11.8 Å². The minimum atomic E-state index is -3.68. The van der Waals surface area contributed by atoms with Gasteiger partial charge in [-0.1, -0.05) is 0 Å². The Kier molecular flexibility index (Phi) is 5.88. The molecule has 0 aromatic heterocycles. The quantitative estimate of drug-likeness (QED) is 0.748. The molecular weight excluding hydrogens is 396 g/mol. The minimum Gasteiger partial charge on any atom is -0.376 e. The van der Waals surface area contributed by atoms with E-state index in [1.807, 2.05) is 0 Å². The van der Waals surface area contributed by atoms with Gasteiger partial charge in [0.2, 0.25) is 20.0 Å². The second kappa shape index (κ2) is 7.67. The number of hydrogen-bond donors (Lipinski definition) is 1. The molecule has 3 rings (SSSR count). The van der Waals surface area contributed by atoms with Gasteiger partial charge in [-0.15, -0.1) is 0 Å². The normalized spacial score (nSPS) is 26.1. The number of nitrogens with one attached hydrogen (secondary N) is 1. The molecule has 146 valence electrons. The second-order valence-corrected chi connectivity index (χ2v) is 11.5. The van der Waals surface area contributed by atoms with Gasteiger partial charge in [0, 0.05) is 26.0 Å². The van der Waals surface area contributed by atoms with E-state index >= 15 is 0 Å². The summed E-state index contributed by atoms with van der Waals surface area (Å²) in [7, 11) is -5.38. The minimum absolute atomic E-state index is 0.118. The summed E-state index contributed by atoms with van der Waals surface area (Å²) in [6.07, 6.45) is 2.27. The molecule has 1 aromatic rings. The fraction of sp³-hybridized carbons (Fsp3) is 0.625. The van der Waals surface area contributed by atoms with E-state index in [0.29, 0.717) is 18.7 Å². The molecule has 2 aliphatic heterocycles.